The van der Waals surface area contributed by atoms with E-state index in [9.17, 15) is 14.7 Å². The van der Waals surface area contributed by atoms with Crippen LogP contribution in [0.4, 0.5) is 11.4 Å². The lowest BCUT2D eigenvalue weighted by Gasteiger charge is -2.37. The van der Waals surface area contributed by atoms with E-state index in [2.05, 4.69) is 9.97 Å². The van der Waals surface area contributed by atoms with Gasteiger partial charge in [0.2, 0.25) is 0 Å². The minimum Gasteiger partial charge on any atom is -0.427 e. The molecule has 2 amide bonds. The van der Waals surface area contributed by atoms with Crippen molar-refractivity contribution >= 4 is 36.1 Å². The van der Waals surface area contributed by atoms with Gasteiger partial charge in [0, 0.05) is 60.1 Å². The number of anilines is 2. The lowest BCUT2D eigenvalue weighted by molar-refractivity contribution is -0.0893. The number of hydrogen-bond donors (Lipinski definition) is 1. The zero-order valence-electron chi connectivity index (χ0n) is 27.5. The molecule has 0 aliphatic rings. The van der Waals surface area contributed by atoms with Crippen molar-refractivity contribution in [3.05, 3.63) is 127 Å². The van der Waals surface area contributed by atoms with Gasteiger partial charge in [-0.05, 0) is 99.9 Å². The van der Waals surface area contributed by atoms with Crippen LogP contribution in [0.2, 0.25) is 0 Å². The van der Waals surface area contributed by atoms with Crippen LogP contribution in [0.3, 0.4) is 0 Å². The molecule has 0 unspecified atom stereocenters. The summed E-state index contributed by atoms with van der Waals surface area (Å²) in [6.45, 7) is 6.95. The summed E-state index contributed by atoms with van der Waals surface area (Å²) in [5.74, 6) is -0.449. The van der Waals surface area contributed by atoms with E-state index < -0.39 is 11.2 Å². The lowest BCUT2D eigenvalue weighted by atomic mass is 9.82. The molecule has 1 radical (unpaired) electrons. The molecule has 0 saturated heterocycles. The molecule has 3 aromatic carbocycles. The fourth-order valence-corrected chi connectivity index (χ4v) is 4.69. The Morgan fingerprint density at radius 2 is 1.09 bits per heavy atom. The number of rotatable bonds is 10. The van der Waals surface area contributed by atoms with Crippen molar-refractivity contribution in [3.8, 4) is 22.5 Å². The fourth-order valence-electron chi connectivity index (χ4n) is 4.69. The Bertz CT molecular complexity index is 1720. The van der Waals surface area contributed by atoms with E-state index in [1.54, 1.807) is 92.0 Å². The summed E-state index contributed by atoms with van der Waals surface area (Å²) >= 11 is 0. The highest BCUT2D eigenvalue weighted by Gasteiger charge is 2.36. The third-order valence-corrected chi connectivity index (χ3v) is 8.46. The van der Waals surface area contributed by atoms with Crippen molar-refractivity contribution in [3.63, 3.8) is 0 Å². The summed E-state index contributed by atoms with van der Waals surface area (Å²) in [7, 11) is 4.93. The van der Waals surface area contributed by atoms with Gasteiger partial charge < -0.3 is 19.6 Å². The van der Waals surface area contributed by atoms with Gasteiger partial charge in [-0.1, -0.05) is 36.4 Å². The molecule has 237 valence electrons. The Balaban J connectivity index is 1.43. The van der Waals surface area contributed by atoms with Crippen LogP contribution >= 0.6 is 0 Å². The van der Waals surface area contributed by atoms with Gasteiger partial charge in [0.25, 0.3) is 11.8 Å². The molecule has 5 rings (SSSR count). The molecule has 0 spiro atoms. The summed E-state index contributed by atoms with van der Waals surface area (Å²) < 4.78 is 6.06. The van der Waals surface area contributed by atoms with E-state index in [0.29, 0.717) is 28.0 Å². The fraction of sp³-hybridized carbons (Fsp3) is 0.211. The number of pyridine rings is 2. The average Bonchev–Trinajstić information content (AvgIpc) is 3.09. The Hall–Kier alpha value is -5.12. The molecule has 2 aromatic heterocycles. The van der Waals surface area contributed by atoms with E-state index in [1.165, 1.54) is 9.80 Å². The summed E-state index contributed by atoms with van der Waals surface area (Å²) in [6, 6.07) is 31.4. The van der Waals surface area contributed by atoms with E-state index in [1.807, 2.05) is 72.8 Å². The number of amides is 2. The molecule has 0 bridgehead atoms. The predicted octanol–water partition coefficient (Wildman–Crippen LogP) is 6.17. The maximum absolute atomic E-state index is 13.7. The topological polar surface area (TPSA) is 95.9 Å². The first kappa shape index (κ1) is 33.3. The number of aliphatic hydroxyl groups is 1. The molecule has 0 aliphatic heterocycles. The Kier molecular flexibility index (Phi) is 9.70. The third kappa shape index (κ3) is 7.65. The highest BCUT2D eigenvalue weighted by atomic mass is 16.5. The minimum atomic E-state index is -1.13. The molecule has 1 N–H and O–H groups in total. The highest BCUT2D eigenvalue weighted by molar-refractivity contribution is 6.47. The number of benzene rings is 3. The summed E-state index contributed by atoms with van der Waals surface area (Å²) in [5.41, 5.74) is 4.13. The molecule has 8 nitrogen and oxygen atoms in total. The number of carbonyl (C=O) groups excluding carboxylic acids is 2. The van der Waals surface area contributed by atoms with Gasteiger partial charge in [0.1, 0.15) is 0 Å². The van der Waals surface area contributed by atoms with Crippen LogP contribution < -0.4 is 15.3 Å². The predicted molar refractivity (Wildman–Crippen MR) is 188 cm³/mol. The molecule has 0 fully saturated rings. The van der Waals surface area contributed by atoms with E-state index >= 15 is 0 Å². The number of aromatic nitrogens is 2. The van der Waals surface area contributed by atoms with Gasteiger partial charge in [0.15, 0.2) is 0 Å². The second-order valence-corrected chi connectivity index (χ2v) is 12.4. The monoisotopic (exact) mass is 625 g/mol. The Labute approximate surface area is 277 Å². The largest absolute Gasteiger partial charge is 0.427 e. The summed E-state index contributed by atoms with van der Waals surface area (Å²) in [6.07, 6.45) is 3.46. The number of carbonyl (C=O) groups is 2. The SMILES string of the molecule is CN(C(=O)c1ccc(-c2ccccn2)cc1)c1cc([B]OC(C)(C)C(C)(C)O)cc(N(C)C(=O)c2ccc(-c3ccccn3)cc2)c1. The first-order chi connectivity index (χ1) is 22.3. The average molecular weight is 626 g/mol. The molecule has 5 aromatic rings. The van der Waals surface area contributed by atoms with Gasteiger partial charge in [-0.25, -0.2) is 0 Å². The van der Waals surface area contributed by atoms with Gasteiger partial charge >= 0.3 is 7.48 Å². The molecule has 0 saturated carbocycles. The molecule has 0 aliphatic carbocycles. The third-order valence-electron chi connectivity index (χ3n) is 8.46. The number of nitrogens with zero attached hydrogens (tertiary/aromatic N) is 4. The van der Waals surface area contributed by atoms with Crippen LogP contribution in [0.25, 0.3) is 22.5 Å². The normalized spacial score (nSPS) is 11.6. The smallest absolute Gasteiger partial charge is 0.331 e. The molecule has 0 atom stereocenters. The van der Waals surface area contributed by atoms with E-state index in [-0.39, 0.29) is 11.8 Å². The first-order valence-electron chi connectivity index (χ1n) is 15.3. The molecule has 2 heterocycles. The molecular weight excluding hydrogens is 587 g/mol. The van der Waals surface area contributed by atoms with Gasteiger partial charge in [-0.2, -0.15) is 0 Å². The van der Waals surface area contributed by atoms with Crippen LogP contribution in [0.1, 0.15) is 48.4 Å². The lowest BCUT2D eigenvalue weighted by Crippen LogP contribution is -2.49. The Morgan fingerprint density at radius 1 is 0.660 bits per heavy atom. The second kappa shape index (κ2) is 13.7. The van der Waals surface area contributed by atoms with Crippen molar-refractivity contribution in [2.75, 3.05) is 23.9 Å². The second-order valence-electron chi connectivity index (χ2n) is 12.4. The van der Waals surface area contributed by atoms with Crippen LogP contribution in [0, 0.1) is 0 Å². The van der Waals surface area contributed by atoms with Crippen molar-refractivity contribution in [1.29, 1.82) is 0 Å². The quantitative estimate of drug-likeness (QED) is 0.187. The van der Waals surface area contributed by atoms with Crippen LogP contribution in [-0.4, -0.2) is 59.7 Å². The summed E-state index contributed by atoms with van der Waals surface area (Å²) in [5, 5.41) is 10.6. The van der Waals surface area contributed by atoms with Gasteiger partial charge in [-0.3, -0.25) is 19.6 Å². The van der Waals surface area contributed by atoms with Crippen molar-refractivity contribution < 1.29 is 19.3 Å². The van der Waals surface area contributed by atoms with Crippen molar-refractivity contribution in [2.45, 2.75) is 38.9 Å². The summed E-state index contributed by atoms with van der Waals surface area (Å²) in [4.78, 5) is 39.2. The maximum Gasteiger partial charge on any atom is 0.331 e. The van der Waals surface area contributed by atoms with Crippen molar-refractivity contribution in [2.24, 2.45) is 0 Å². The zero-order valence-corrected chi connectivity index (χ0v) is 27.5. The zero-order chi connectivity index (χ0) is 33.8. The van der Waals surface area contributed by atoms with Crippen LogP contribution in [0.5, 0.6) is 0 Å². The van der Waals surface area contributed by atoms with Gasteiger partial charge in [-0.15, -0.1) is 0 Å². The van der Waals surface area contributed by atoms with Crippen LogP contribution in [-0.2, 0) is 4.65 Å². The Morgan fingerprint density at radius 3 is 1.45 bits per heavy atom. The number of hydrogen-bond acceptors (Lipinski definition) is 6. The molecule has 9 heteroatoms. The van der Waals surface area contributed by atoms with Crippen molar-refractivity contribution in [1.82, 2.24) is 9.97 Å². The van der Waals surface area contributed by atoms with E-state index in [0.717, 1.165) is 22.5 Å². The minimum absolute atomic E-state index is 0.225. The molecular formula is C38H38BN4O4. The van der Waals surface area contributed by atoms with E-state index in [4.69, 9.17) is 4.65 Å². The standard InChI is InChI=1S/C38H38BN4O4/c1-37(2,46)38(3,4)47-39-30-23-31(42(5)35(44)28-17-13-26(14-18-28)33-11-7-9-21-40-33)25-32(24-30)43(6)36(45)29-19-15-27(16-20-29)34-12-8-10-22-41-34/h7-25,46H,1-6H3. The van der Waals surface area contributed by atoms with Crippen LogP contribution in [0.15, 0.2) is 116 Å². The maximum atomic E-state index is 13.7. The first-order valence-corrected chi connectivity index (χ1v) is 15.3. The molecule has 47 heavy (non-hydrogen) atoms. The highest BCUT2D eigenvalue weighted by Crippen LogP contribution is 2.27. The van der Waals surface area contributed by atoms with Gasteiger partial charge in [0.05, 0.1) is 22.6 Å².